The third kappa shape index (κ3) is 4.56. The molecule has 0 saturated carbocycles. The van der Waals surface area contributed by atoms with Gasteiger partial charge in [0, 0.05) is 17.7 Å². The quantitative estimate of drug-likeness (QED) is 0.317. The number of ether oxygens (including phenoxy) is 1. The minimum absolute atomic E-state index is 0.175. The highest BCUT2D eigenvalue weighted by molar-refractivity contribution is 7.18. The Morgan fingerprint density at radius 1 is 1.30 bits per heavy atom. The zero-order chi connectivity index (χ0) is 20.1. The molecule has 1 aromatic heterocycles. The second-order valence-electron chi connectivity index (χ2n) is 5.62. The molecule has 1 aromatic carbocycles. The number of ketones is 2. The van der Waals surface area contributed by atoms with E-state index in [1.165, 1.54) is 31.2 Å². The lowest BCUT2D eigenvalue weighted by Gasteiger charge is -2.07. The van der Waals surface area contributed by atoms with E-state index in [-0.39, 0.29) is 41.5 Å². The SMILES string of the molecule is CCOC(=O)c1c(NCC(=O)c2cccc([N+](=O)[O-])c2)sc(C(C)=O)c1C. The van der Waals surface area contributed by atoms with Gasteiger partial charge in [-0.15, -0.1) is 11.3 Å². The van der Waals surface area contributed by atoms with Gasteiger partial charge in [-0.05, 0) is 26.3 Å². The monoisotopic (exact) mass is 390 g/mol. The molecule has 0 unspecified atom stereocenters. The lowest BCUT2D eigenvalue weighted by molar-refractivity contribution is -0.384. The Hall–Kier alpha value is -3.07. The summed E-state index contributed by atoms with van der Waals surface area (Å²) in [5, 5.41) is 14.1. The molecular formula is C18H18N2O6S. The molecule has 1 heterocycles. The molecule has 0 saturated heterocycles. The molecule has 0 bridgehead atoms. The van der Waals surface area contributed by atoms with Crippen molar-refractivity contribution < 1.29 is 24.0 Å². The molecule has 0 atom stereocenters. The molecule has 0 aliphatic heterocycles. The largest absolute Gasteiger partial charge is 0.462 e. The Kier molecular flexibility index (Phi) is 6.40. The number of benzene rings is 1. The van der Waals surface area contributed by atoms with Crippen LogP contribution in [0.5, 0.6) is 0 Å². The number of hydrogen-bond acceptors (Lipinski definition) is 8. The van der Waals surface area contributed by atoms with Crippen LogP contribution in [0.1, 0.15) is 49.8 Å². The fourth-order valence-corrected chi connectivity index (χ4v) is 3.56. The van der Waals surface area contributed by atoms with Gasteiger partial charge in [0.15, 0.2) is 11.6 Å². The van der Waals surface area contributed by atoms with Gasteiger partial charge in [-0.1, -0.05) is 12.1 Å². The van der Waals surface area contributed by atoms with E-state index in [2.05, 4.69) is 5.32 Å². The lowest BCUT2D eigenvalue weighted by atomic mass is 10.1. The second-order valence-corrected chi connectivity index (χ2v) is 6.64. The Morgan fingerprint density at radius 3 is 2.59 bits per heavy atom. The maximum atomic E-state index is 12.4. The number of nitrogens with one attached hydrogen (secondary N) is 1. The van der Waals surface area contributed by atoms with Gasteiger partial charge >= 0.3 is 5.97 Å². The second kappa shape index (κ2) is 8.54. The van der Waals surface area contributed by atoms with Crippen molar-refractivity contribution >= 4 is 39.6 Å². The molecule has 0 radical (unpaired) electrons. The smallest absolute Gasteiger partial charge is 0.341 e. The van der Waals surface area contributed by atoms with Gasteiger partial charge in [0.25, 0.3) is 5.69 Å². The lowest BCUT2D eigenvalue weighted by Crippen LogP contribution is -2.16. The van der Waals surface area contributed by atoms with E-state index in [1.54, 1.807) is 13.8 Å². The number of esters is 1. The predicted molar refractivity (Wildman–Crippen MR) is 101 cm³/mol. The normalized spacial score (nSPS) is 10.3. The molecule has 0 fully saturated rings. The van der Waals surface area contributed by atoms with Crippen molar-refractivity contribution in [3.63, 3.8) is 0 Å². The topological polar surface area (TPSA) is 116 Å². The summed E-state index contributed by atoms with van der Waals surface area (Å²) in [7, 11) is 0. The zero-order valence-electron chi connectivity index (χ0n) is 15.0. The minimum Gasteiger partial charge on any atom is -0.462 e. The number of thiophene rings is 1. The molecule has 0 aliphatic carbocycles. The van der Waals surface area contributed by atoms with Crippen LogP contribution in [0.25, 0.3) is 0 Å². The number of carbonyl (C=O) groups excluding carboxylic acids is 3. The van der Waals surface area contributed by atoms with Crippen LogP contribution in [0.15, 0.2) is 24.3 Å². The van der Waals surface area contributed by atoms with Crippen molar-refractivity contribution in [2.45, 2.75) is 20.8 Å². The third-order valence-electron chi connectivity index (χ3n) is 3.73. The van der Waals surface area contributed by atoms with E-state index in [9.17, 15) is 24.5 Å². The molecule has 2 rings (SSSR count). The number of non-ortho nitro benzene ring substituents is 1. The zero-order valence-corrected chi connectivity index (χ0v) is 15.8. The molecule has 9 heteroatoms. The Balaban J connectivity index is 2.26. The minimum atomic E-state index is -0.580. The van der Waals surface area contributed by atoms with Crippen LogP contribution in [0.2, 0.25) is 0 Å². The average Bonchev–Trinajstić information content (AvgIpc) is 2.96. The maximum absolute atomic E-state index is 12.4. The summed E-state index contributed by atoms with van der Waals surface area (Å²) in [6.07, 6.45) is 0. The summed E-state index contributed by atoms with van der Waals surface area (Å²) in [6, 6.07) is 5.39. The Bertz CT molecular complexity index is 919. The van der Waals surface area contributed by atoms with Crippen LogP contribution in [0.4, 0.5) is 10.7 Å². The van der Waals surface area contributed by atoms with Crippen molar-refractivity contribution in [3.8, 4) is 0 Å². The number of nitro groups is 1. The van der Waals surface area contributed by atoms with Crippen LogP contribution >= 0.6 is 11.3 Å². The van der Waals surface area contributed by atoms with Crippen LogP contribution in [0, 0.1) is 17.0 Å². The van der Waals surface area contributed by atoms with Gasteiger partial charge in [-0.3, -0.25) is 19.7 Å². The first-order valence-electron chi connectivity index (χ1n) is 8.09. The van der Waals surface area contributed by atoms with Crippen molar-refractivity contribution in [3.05, 3.63) is 55.9 Å². The summed E-state index contributed by atoms with van der Waals surface area (Å²) in [5.41, 5.74) is 0.712. The standard InChI is InChI=1S/C18H18N2O6S/c1-4-26-18(23)15-10(2)16(11(3)21)27-17(15)19-9-14(22)12-6-5-7-13(8-12)20(24)25/h5-8,19H,4,9H2,1-3H3. The molecule has 1 N–H and O–H groups in total. The molecule has 2 aromatic rings. The van der Waals surface area contributed by atoms with Gasteiger partial charge < -0.3 is 10.1 Å². The van der Waals surface area contributed by atoms with Crippen LogP contribution in [-0.4, -0.2) is 35.6 Å². The molecule has 142 valence electrons. The Labute approximate surface area is 159 Å². The number of nitro benzene ring substituents is 1. The first-order chi connectivity index (χ1) is 12.8. The molecular weight excluding hydrogens is 372 g/mol. The van der Waals surface area contributed by atoms with E-state index in [0.717, 1.165) is 11.3 Å². The summed E-state index contributed by atoms with van der Waals surface area (Å²) >= 11 is 1.07. The van der Waals surface area contributed by atoms with E-state index in [0.29, 0.717) is 15.4 Å². The maximum Gasteiger partial charge on any atom is 0.341 e. The fourth-order valence-electron chi connectivity index (χ4n) is 2.48. The first-order valence-corrected chi connectivity index (χ1v) is 8.90. The highest BCUT2D eigenvalue weighted by Gasteiger charge is 2.24. The number of nitrogens with zero attached hydrogens (tertiary/aromatic N) is 1. The molecule has 0 amide bonds. The van der Waals surface area contributed by atoms with Gasteiger partial charge in [-0.2, -0.15) is 0 Å². The molecule has 27 heavy (non-hydrogen) atoms. The van der Waals surface area contributed by atoms with Gasteiger partial charge in [0.05, 0.1) is 28.5 Å². The molecule has 0 aliphatic rings. The third-order valence-corrected chi connectivity index (χ3v) is 5.08. The van der Waals surface area contributed by atoms with E-state index >= 15 is 0 Å². The van der Waals surface area contributed by atoms with Crippen LogP contribution < -0.4 is 5.32 Å². The Morgan fingerprint density at radius 2 is 2.00 bits per heavy atom. The van der Waals surface area contributed by atoms with Crippen LogP contribution in [0.3, 0.4) is 0 Å². The highest BCUT2D eigenvalue weighted by Crippen LogP contribution is 2.34. The van der Waals surface area contributed by atoms with Crippen molar-refractivity contribution in [2.24, 2.45) is 0 Å². The number of hydrogen-bond donors (Lipinski definition) is 1. The van der Waals surface area contributed by atoms with Crippen molar-refractivity contribution in [1.82, 2.24) is 0 Å². The number of carbonyl (C=O) groups is 3. The van der Waals surface area contributed by atoms with Crippen molar-refractivity contribution in [2.75, 3.05) is 18.5 Å². The number of rotatable bonds is 8. The van der Waals surface area contributed by atoms with E-state index in [1.807, 2.05) is 0 Å². The van der Waals surface area contributed by atoms with Gasteiger partial charge in [0.1, 0.15) is 5.00 Å². The van der Waals surface area contributed by atoms with E-state index in [4.69, 9.17) is 4.74 Å². The fraction of sp³-hybridized carbons (Fsp3) is 0.278. The number of Topliss-reactive ketones (excluding diaryl/α,β-unsaturated/α-hetero) is 2. The first kappa shape index (κ1) is 20.2. The van der Waals surface area contributed by atoms with E-state index < -0.39 is 10.9 Å². The molecule has 0 spiro atoms. The number of anilines is 1. The van der Waals surface area contributed by atoms with Gasteiger partial charge in [0.2, 0.25) is 0 Å². The summed E-state index contributed by atoms with van der Waals surface area (Å²) in [5.74, 6) is -1.16. The van der Waals surface area contributed by atoms with Gasteiger partial charge in [-0.25, -0.2) is 4.79 Å². The van der Waals surface area contributed by atoms with Crippen molar-refractivity contribution in [1.29, 1.82) is 0 Å². The highest BCUT2D eigenvalue weighted by atomic mass is 32.1. The summed E-state index contributed by atoms with van der Waals surface area (Å²) in [6.45, 7) is 4.70. The van der Waals surface area contributed by atoms with Crippen LogP contribution in [-0.2, 0) is 4.74 Å². The summed E-state index contributed by atoms with van der Waals surface area (Å²) in [4.78, 5) is 47.0. The summed E-state index contributed by atoms with van der Waals surface area (Å²) < 4.78 is 5.03. The predicted octanol–water partition coefficient (Wildman–Crippen LogP) is 3.64. The average molecular weight is 390 g/mol. The molecule has 8 nitrogen and oxygen atoms in total.